The Morgan fingerprint density at radius 1 is 1.53 bits per heavy atom. The van der Waals surface area contributed by atoms with E-state index >= 15 is 0 Å². The molecule has 1 aromatic carbocycles. The van der Waals surface area contributed by atoms with Gasteiger partial charge in [0, 0.05) is 11.4 Å². The lowest BCUT2D eigenvalue weighted by Crippen LogP contribution is -2.07. The molecule has 0 aliphatic carbocycles. The number of rotatable bonds is 5. The maximum absolute atomic E-state index is 13.3. The van der Waals surface area contributed by atoms with Crippen LogP contribution in [-0.4, -0.2) is 17.3 Å². The number of benzene rings is 1. The van der Waals surface area contributed by atoms with Crippen molar-refractivity contribution >= 4 is 29.1 Å². The third kappa shape index (κ3) is 4.22. The highest BCUT2D eigenvalue weighted by atomic mass is 35.5. The Hall–Kier alpha value is -0.540. The van der Waals surface area contributed by atoms with Gasteiger partial charge in [-0.3, -0.25) is 4.79 Å². The zero-order valence-corrected chi connectivity index (χ0v) is 10.00. The van der Waals surface area contributed by atoms with Crippen molar-refractivity contribution in [2.75, 3.05) is 11.5 Å². The summed E-state index contributed by atoms with van der Waals surface area (Å²) < 4.78 is 13.3. The standard InChI is InChI=1S/C11H12ClFOS/c1-2-15-7-10(14)5-8-3-4-9(12)6-11(8)13/h3-4,6H,2,5,7H2,1H3. The second kappa shape index (κ2) is 6.13. The molecule has 0 aliphatic rings. The maximum atomic E-state index is 13.3. The number of hydrogen-bond acceptors (Lipinski definition) is 2. The number of carbonyl (C=O) groups excluding carboxylic acids is 1. The Labute approximate surface area is 98.0 Å². The molecule has 4 heteroatoms. The summed E-state index contributed by atoms with van der Waals surface area (Å²) in [7, 11) is 0. The highest BCUT2D eigenvalue weighted by Crippen LogP contribution is 2.15. The maximum Gasteiger partial charge on any atom is 0.147 e. The molecule has 0 spiro atoms. The predicted molar refractivity (Wildman–Crippen MR) is 63.1 cm³/mol. The molecule has 15 heavy (non-hydrogen) atoms. The average molecular weight is 247 g/mol. The third-order valence-electron chi connectivity index (χ3n) is 1.87. The molecule has 1 aromatic rings. The minimum absolute atomic E-state index is 0.0445. The van der Waals surface area contributed by atoms with E-state index in [0.717, 1.165) is 5.75 Å². The van der Waals surface area contributed by atoms with Crippen LogP contribution in [0.4, 0.5) is 4.39 Å². The Balaban J connectivity index is 2.60. The van der Waals surface area contributed by atoms with Crippen LogP contribution in [0.25, 0.3) is 0 Å². The van der Waals surface area contributed by atoms with Crippen molar-refractivity contribution in [2.45, 2.75) is 13.3 Å². The minimum atomic E-state index is -0.405. The first-order valence-electron chi connectivity index (χ1n) is 4.67. The second-order valence-electron chi connectivity index (χ2n) is 3.09. The van der Waals surface area contributed by atoms with Gasteiger partial charge >= 0.3 is 0 Å². The van der Waals surface area contributed by atoms with E-state index in [1.54, 1.807) is 23.9 Å². The Morgan fingerprint density at radius 3 is 2.87 bits per heavy atom. The van der Waals surface area contributed by atoms with E-state index in [4.69, 9.17) is 11.6 Å². The Kier molecular flexibility index (Phi) is 5.12. The van der Waals surface area contributed by atoms with Crippen molar-refractivity contribution in [1.82, 2.24) is 0 Å². The molecule has 0 atom stereocenters. The molecule has 0 saturated heterocycles. The molecule has 0 radical (unpaired) electrons. The number of ketones is 1. The molecule has 0 saturated carbocycles. The van der Waals surface area contributed by atoms with Crippen molar-refractivity contribution in [2.24, 2.45) is 0 Å². The van der Waals surface area contributed by atoms with Gasteiger partial charge in [0.1, 0.15) is 11.6 Å². The summed E-state index contributed by atoms with van der Waals surface area (Å²) in [5, 5.41) is 0.353. The first-order valence-corrected chi connectivity index (χ1v) is 6.20. The molecular formula is C11H12ClFOS. The van der Waals surface area contributed by atoms with E-state index in [1.165, 1.54) is 6.07 Å². The van der Waals surface area contributed by atoms with Crippen LogP contribution < -0.4 is 0 Å². The molecule has 1 nitrogen and oxygen atoms in total. The summed E-state index contributed by atoms with van der Waals surface area (Å²) in [5.74, 6) is 0.980. The molecule has 1 rings (SSSR count). The van der Waals surface area contributed by atoms with Crippen LogP contribution in [0.1, 0.15) is 12.5 Å². The lowest BCUT2D eigenvalue weighted by atomic mass is 10.1. The largest absolute Gasteiger partial charge is 0.298 e. The topological polar surface area (TPSA) is 17.1 Å². The van der Waals surface area contributed by atoms with E-state index in [-0.39, 0.29) is 12.2 Å². The van der Waals surface area contributed by atoms with Gasteiger partial charge in [0.15, 0.2) is 0 Å². The van der Waals surface area contributed by atoms with Crippen LogP contribution in [0.3, 0.4) is 0 Å². The van der Waals surface area contributed by atoms with E-state index in [2.05, 4.69) is 0 Å². The molecule has 0 amide bonds. The normalized spacial score (nSPS) is 10.3. The predicted octanol–water partition coefficient (Wildman–Crippen LogP) is 3.34. The van der Waals surface area contributed by atoms with Gasteiger partial charge in [-0.1, -0.05) is 24.6 Å². The number of thioether (sulfide) groups is 1. The summed E-state index contributed by atoms with van der Waals surface area (Å²) >= 11 is 7.15. The van der Waals surface area contributed by atoms with E-state index in [1.807, 2.05) is 6.92 Å². The van der Waals surface area contributed by atoms with Gasteiger partial charge in [-0.05, 0) is 23.4 Å². The van der Waals surface area contributed by atoms with E-state index < -0.39 is 5.82 Å². The molecule has 82 valence electrons. The highest BCUT2D eigenvalue weighted by Gasteiger charge is 2.08. The summed E-state index contributed by atoms with van der Waals surface area (Å²) in [5.41, 5.74) is 0.418. The fourth-order valence-corrected chi connectivity index (χ4v) is 1.84. The van der Waals surface area contributed by atoms with E-state index in [0.29, 0.717) is 16.3 Å². The first-order chi connectivity index (χ1) is 7.13. The van der Waals surface area contributed by atoms with Gasteiger partial charge in [0.25, 0.3) is 0 Å². The SMILES string of the molecule is CCSCC(=O)Cc1ccc(Cl)cc1F. The lowest BCUT2D eigenvalue weighted by Gasteiger charge is -2.02. The van der Waals surface area contributed by atoms with Crippen molar-refractivity contribution in [1.29, 1.82) is 0 Å². The minimum Gasteiger partial charge on any atom is -0.298 e. The molecule has 0 aromatic heterocycles. The van der Waals surface area contributed by atoms with Gasteiger partial charge < -0.3 is 0 Å². The fraction of sp³-hybridized carbons (Fsp3) is 0.364. The summed E-state index contributed by atoms with van der Waals surface area (Å²) in [6.45, 7) is 1.99. The number of Topliss-reactive ketones (excluding diaryl/α,β-unsaturated/α-hetero) is 1. The van der Waals surface area contributed by atoms with Gasteiger partial charge in [0.05, 0.1) is 5.75 Å². The number of carbonyl (C=O) groups is 1. The highest BCUT2D eigenvalue weighted by molar-refractivity contribution is 7.99. The van der Waals surface area contributed by atoms with Crippen LogP contribution >= 0.6 is 23.4 Å². The van der Waals surface area contributed by atoms with Crippen LogP contribution in [0.5, 0.6) is 0 Å². The molecule has 0 aliphatic heterocycles. The van der Waals surface area contributed by atoms with Crippen LogP contribution in [0.2, 0.25) is 5.02 Å². The first kappa shape index (κ1) is 12.5. The summed E-state index contributed by atoms with van der Waals surface area (Å²) in [6.07, 6.45) is 0.149. The quantitative estimate of drug-likeness (QED) is 0.793. The lowest BCUT2D eigenvalue weighted by molar-refractivity contribution is -0.116. The van der Waals surface area contributed by atoms with Crippen molar-refractivity contribution in [3.8, 4) is 0 Å². The number of hydrogen-bond donors (Lipinski definition) is 0. The Bertz CT molecular complexity index is 354. The third-order valence-corrected chi connectivity index (χ3v) is 3.04. The molecule has 0 unspecified atom stereocenters. The van der Waals surface area contributed by atoms with Gasteiger partial charge in [0.2, 0.25) is 0 Å². The van der Waals surface area contributed by atoms with Crippen LogP contribution in [0, 0.1) is 5.82 Å². The molecule has 0 bridgehead atoms. The van der Waals surface area contributed by atoms with Crippen LogP contribution in [0.15, 0.2) is 18.2 Å². The number of halogens is 2. The molecule has 0 fully saturated rings. The van der Waals surface area contributed by atoms with Gasteiger partial charge in [-0.2, -0.15) is 11.8 Å². The van der Waals surface area contributed by atoms with Crippen molar-refractivity contribution < 1.29 is 9.18 Å². The Morgan fingerprint density at radius 2 is 2.27 bits per heavy atom. The van der Waals surface area contributed by atoms with Gasteiger partial charge in [-0.15, -0.1) is 0 Å². The van der Waals surface area contributed by atoms with Crippen LogP contribution in [-0.2, 0) is 11.2 Å². The molecular weight excluding hydrogens is 235 g/mol. The van der Waals surface area contributed by atoms with Crippen molar-refractivity contribution in [3.05, 3.63) is 34.6 Å². The zero-order chi connectivity index (χ0) is 11.3. The average Bonchev–Trinajstić information content (AvgIpc) is 2.19. The monoisotopic (exact) mass is 246 g/mol. The second-order valence-corrected chi connectivity index (χ2v) is 4.80. The summed E-state index contributed by atoms with van der Waals surface area (Å²) in [6, 6.07) is 4.39. The summed E-state index contributed by atoms with van der Waals surface area (Å²) in [4.78, 5) is 11.4. The van der Waals surface area contributed by atoms with Gasteiger partial charge in [-0.25, -0.2) is 4.39 Å². The smallest absolute Gasteiger partial charge is 0.147 e. The zero-order valence-electron chi connectivity index (χ0n) is 8.43. The molecule has 0 N–H and O–H groups in total. The van der Waals surface area contributed by atoms with E-state index in [9.17, 15) is 9.18 Å². The molecule has 0 heterocycles. The van der Waals surface area contributed by atoms with Crippen molar-refractivity contribution in [3.63, 3.8) is 0 Å². The fourth-order valence-electron chi connectivity index (χ4n) is 1.14.